The van der Waals surface area contributed by atoms with Crippen molar-refractivity contribution >= 4 is 6.16 Å². The maximum atomic E-state index is 12.8. The van der Waals surface area contributed by atoms with Gasteiger partial charge in [0.05, 0.1) is 0 Å². The third-order valence-electron chi connectivity index (χ3n) is 13.7. The van der Waals surface area contributed by atoms with Gasteiger partial charge in [-0.2, -0.15) is 0 Å². The summed E-state index contributed by atoms with van der Waals surface area (Å²) in [6.07, 6.45) is 26.4. The van der Waals surface area contributed by atoms with Crippen LogP contribution in [0.5, 0.6) is 5.75 Å². The van der Waals surface area contributed by atoms with Crippen molar-refractivity contribution in [3.8, 4) is 5.75 Å². The van der Waals surface area contributed by atoms with Gasteiger partial charge in [0.1, 0.15) is 11.9 Å². The number of ether oxygens (including phenoxy) is 2. The number of carbonyl (C=O) groups excluding carboxylic acids is 1. The van der Waals surface area contributed by atoms with Crippen LogP contribution < -0.4 is 4.74 Å². The van der Waals surface area contributed by atoms with Gasteiger partial charge in [-0.25, -0.2) is 4.79 Å². The zero-order valence-electron chi connectivity index (χ0n) is 30.6. The Morgan fingerprint density at radius 1 is 0.848 bits per heavy atom. The Bertz CT molecular complexity index is 1140. The first-order chi connectivity index (χ1) is 22.1. The summed E-state index contributed by atoms with van der Waals surface area (Å²) in [5, 5.41) is 0. The molecule has 0 N–H and O–H groups in total. The highest BCUT2D eigenvalue weighted by molar-refractivity contribution is 5.64. The SMILES string of the molecule is CCCCCCCCCc1ccc(OC(=O)OC2CCC3(C)C(=CCC4C3CCC3(C)C(C(C)CCCC(C)C)CCC43)C2)cc1. The third kappa shape index (κ3) is 8.26. The highest BCUT2D eigenvalue weighted by Crippen LogP contribution is 2.67. The number of fused-ring (bicyclic) bond motifs is 5. The summed E-state index contributed by atoms with van der Waals surface area (Å²) in [5.74, 6) is 5.67. The van der Waals surface area contributed by atoms with Crippen molar-refractivity contribution in [3.63, 3.8) is 0 Å². The third-order valence-corrected chi connectivity index (χ3v) is 13.7. The van der Waals surface area contributed by atoms with E-state index in [-0.39, 0.29) is 11.5 Å². The Labute approximate surface area is 283 Å². The molecule has 5 rings (SSSR count). The van der Waals surface area contributed by atoms with Gasteiger partial charge in [0.15, 0.2) is 0 Å². The number of allylic oxidation sites excluding steroid dienone is 1. The average molecular weight is 633 g/mol. The molecule has 0 aromatic heterocycles. The number of carbonyl (C=O) groups is 1. The summed E-state index contributed by atoms with van der Waals surface area (Å²) in [5.41, 5.74) is 3.67. The topological polar surface area (TPSA) is 35.5 Å². The minimum absolute atomic E-state index is 0.0728. The smallest absolute Gasteiger partial charge is 0.430 e. The molecule has 3 heteroatoms. The molecular formula is C43H68O3. The molecule has 46 heavy (non-hydrogen) atoms. The maximum Gasteiger partial charge on any atom is 0.514 e. The molecule has 0 aliphatic heterocycles. The normalized spacial score (nSPS) is 32.7. The summed E-state index contributed by atoms with van der Waals surface area (Å²) in [7, 11) is 0. The fraction of sp³-hybridized carbons (Fsp3) is 0.791. The predicted octanol–water partition coefficient (Wildman–Crippen LogP) is 12.9. The van der Waals surface area contributed by atoms with Crippen molar-refractivity contribution in [2.75, 3.05) is 0 Å². The number of rotatable bonds is 15. The summed E-state index contributed by atoms with van der Waals surface area (Å²) < 4.78 is 11.6. The maximum absolute atomic E-state index is 12.8. The van der Waals surface area contributed by atoms with Crippen molar-refractivity contribution in [1.82, 2.24) is 0 Å². The molecule has 3 saturated carbocycles. The van der Waals surface area contributed by atoms with Gasteiger partial charge < -0.3 is 9.47 Å². The molecule has 0 bridgehead atoms. The lowest BCUT2D eigenvalue weighted by Gasteiger charge is -2.58. The van der Waals surface area contributed by atoms with E-state index in [1.807, 2.05) is 12.1 Å². The van der Waals surface area contributed by atoms with Crippen LogP contribution in [0.3, 0.4) is 0 Å². The van der Waals surface area contributed by atoms with Crippen LogP contribution in [0.2, 0.25) is 0 Å². The molecule has 0 spiro atoms. The van der Waals surface area contributed by atoms with Crippen molar-refractivity contribution in [1.29, 1.82) is 0 Å². The lowest BCUT2D eigenvalue weighted by molar-refractivity contribution is -0.0597. The molecule has 3 fully saturated rings. The van der Waals surface area contributed by atoms with Crippen molar-refractivity contribution in [2.24, 2.45) is 46.3 Å². The summed E-state index contributed by atoms with van der Waals surface area (Å²) in [4.78, 5) is 12.8. The zero-order chi connectivity index (χ0) is 32.7. The molecule has 0 heterocycles. The van der Waals surface area contributed by atoms with Gasteiger partial charge in [0, 0.05) is 6.42 Å². The molecule has 0 saturated heterocycles. The summed E-state index contributed by atoms with van der Waals surface area (Å²) in [6.45, 7) is 14.8. The Balaban J connectivity index is 1.09. The zero-order valence-corrected chi connectivity index (χ0v) is 30.6. The van der Waals surface area contributed by atoms with E-state index in [0.717, 1.165) is 61.2 Å². The lowest BCUT2D eigenvalue weighted by Crippen LogP contribution is -2.51. The Hall–Kier alpha value is -1.77. The largest absolute Gasteiger partial charge is 0.514 e. The van der Waals surface area contributed by atoms with Crippen LogP contribution in [0.25, 0.3) is 0 Å². The fourth-order valence-electron chi connectivity index (χ4n) is 11.0. The number of unbranched alkanes of at least 4 members (excludes halogenated alkanes) is 6. The molecular weight excluding hydrogens is 564 g/mol. The minimum atomic E-state index is -0.546. The van der Waals surface area contributed by atoms with Crippen LogP contribution >= 0.6 is 0 Å². The Kier molecular flexibility index (Phi) is 12.4. The Morgan fingerprint density at radius 3 is 2.33 bits per heavy atom. The number of benzene rings is 1. The Morgan fingerprint density at radius 2 is 1.59 bits per heavy atom. The van der Waals surface area contributed by atoms with E-state index in [0.29, 0.717) is 11.2 Å². The second-order valence-corrected chi connectivity index (χ2v) is 17.1. The quantitative estimate of drug-likeness (QED) is 0.0835. The summed E-state index contributed by atoms with van der Waals surface area (Å²) in [6, 6.07) is 8.06. The molecule has 3 nitrogen and oxygen atoms in total. The molecule has 258 valence electrons. The van der Waals surface area contributed by atoms with Crippen LogP contribution in [-0.4, -0.2) is 12.3 Å². The second kappa shape index (κ2) is 16.1. The standard InChI is InChI=1S/C43H68O3/c1-7-8-9-10-11-12-13-17-33-18-21-35(22-19-33)45-41(44)46-36-26-28-42(5)34(30-36)20-23-37-39-25-24-38(32(4)16-14-15-31(2)3)43(39,6)29-27-40(37)42/h18-22,31-32,36-40H,7-17,23-30H2,1-6H3. The fourth-order valence-corrected chi connectivity index (χ4v) is 11.0. The van der Waals surface area contributed by atoms with Gasteiger partial charge in [-0.05, 0) is 122 Å². The molecule has 0 amide bonds. The van der Waals surface area contributed by atoms with Crippen molar-refractivity contribution in [3.05, 3.63) is 41.5 Å². The van der Waals surface area contributed by atoms with E-state index in [1.54, 1.807) is 5.57 Å². The summed E-state index contributed by atoms with van der Waals surface area (Å²) >= 11 is 0. The lowest BCUT2D eigenvalue weighted by atomic mass is 9.47. The first kappa shape index (κ1) is 35.5. The van der Waals surface area contributed by atoms with Gasteiger partial charge in [-0.3, -0.25) is 0 Å². The van der Waals surface area contributed by atoms with E-state index in [9.17, 15) is 4.79 Å². The number of hydrogen-bond donors (Lipinski definition) is 0. The van der Waals surface area contributed by atoms with Crippen molar-refractivity contribution in [2.45, 2.75) is 170 Å². The van der Waals surface area contributed by atoms with Crippen molar-refractivity contribution < 1.29 is 14.3 Å². The van der Waals surface area contributed by atoms with Gasteiger partial charge in [0.2, 0.25) is 0 Å². The van der Waals surface area contributed by atoms with Crippen LogP contribution in [0.15, 0.2) is 35.9 Å². The van der Waals surface area contributed by atoms with Crippen LogP contribution in [0, 0.1) is 46.3 Å². The molecule has 1 aromatic carbocycles. The van der Waals surface area contributed by atoms with Crippen LogP contribution in [0.4, 0.5) is 4.79 Å². The van der Waals surface area contributed by atoms with Crippen LogP contribution in [-0.2, 0) is 11.2 Å². The minimum Gasteiger partial charge on any atom is -0.430 e. The van der Waals surface area contributed by atoms with E-state index in [1.165, 1.54) is 102 Å². The van der Waals surface area contributed by atoms with E-state index < -0.39 is 6.16 Å². The van der Waals surface area contributed by atoms with Gasteiger partial charge in [-0.1, -0.05) is 123 Å². The van der Waals surface area contributed by atoms with Gasteiger partial charge >= 0.3 is 6.16 Å². The molecule has 8 unspecified atom stereocenters. The highest BCUT2D eigenvalue weighted by Gasteiger charge is 2.59. The number of aryl methyl sites for hydroxylation is 1. The monoisotopic (exact) mass is 633 g/mol. The van der Waals surface area contributed by atoms with Crippen LogP contribution in [0.1, 0.15) is 163 Å². The molecule has 1 aromatic rings. The second-order valence-electron chi connectivity index (χ2n) is 17.1. The van der Waals surface area contributed by atoms with E-state index in [4.69, 9.17) is 9.47 Å². The van der Waals surface area contributed by atoms with E-state index >= 15 is 0 Å². The highest BCUT2D eigenvalue weighted by atomic mass is 16.7. The molecule has 0 radical (unpaired) electrons. The average Bonchev–Trinajstić information content (AvgIpc) is 3.38. The van der Waals surface area contributed by atoms with E-state index in [2.05, 4.69) is 59.8 Å². The molecule has 8 atom stereocenters. The van der Waals surface area contributed by atoms with Gasteiger partial charge in [0.25, 0.3) is 0 Å². The molecule has 4 aliphatic carbocycles. The first-order valence-electron chi connectivity index (χ1n) is 19.8. The molecule has 4 aliphatic rings. The van der Waals surface area contributed by atoms with Gasteiger partial charge in [-0.15, -0.1) is 0 Å². The predicted molar refractivity (Wildman–Crippen MR) is 192 cm³/mol. The first-order valence-corrected chi connectivity index (χ1v) is 19.8. The number of hydrogen-bond acceptors (Lipinski definition) is 3.